The summed E-state index contributed by atoms with van der Waals surface area (Å²) >= 11 is 1.42. The highest BCUT2D eigenvalue weighted by molar-refractivity contribution is 7.87. The third-order valence-corrected chi connectivity index (χ3v) is 7.66. The van der Waals surface area contributed by atoms with Gasteiger partial charge in [0.05, 0.1) is 33.3 Å². The largest absolute Gasteiger partial charge is 0.396 e. The van der Waals surface area contributed by atoms with Crippen LogP contribution in [0.3, 0.4) is 0 Å². The summed E-state index contributed by atoms with van der Waals surface area (Å²) in [6.45, 7) is 2.09. The average molecular weight is 411 g/mol. The second-order valence-corrected chi connectivity index (χ2v) is 9.42. The Balaban J connectivity index is 1.96. The Labute approximate surface area is 170 Å². The normalized spacial score (nSPS) is 12.5. The van der Waals surface area contributed by atoms with Crippen LogP contribution in [0.1, 0.15) is 19.8 Å². The van der Waals surface area contributed by atoms with Crippen molar-refractivity contribution in [3.05, 3.63) is 48.7 Å². The third kappa shape index (κ3) is 3.36. The first-order chi connectivity index (χ1) is 13.6. The number of nitrogens with zero attached hydrogens (tertiary/aromatic N) is 3. The van der Waals surface area contributed by atoms with Crippen LogP contribution in [0.25, 0.3) is 33.0 Å². The van der Waals surface area contributed by atoms with Gasteiger partial charge in [0.15, 0.2) is 5.82 Å². The maximum absolute atomic E-state index is 12.8. The molecule has 0 aliphatic heterocycles. The van der Waals surface area contributed by atoms with Gasteiger partial charge in [0.2, 0.25) is 0 Å². The van der Waals surface area contributed by atoms with Crippen LogP contribution in [-0.2, 0) is 17.8 Å². The molecule has 3 aromatic heterocycles. The molecule has 144 valence electrons. The fourth-order valence-electron chi connectivity index (χ4n) is 3.15. The predicted octanol–water partition coefficient (Wildman–Crippen LogP) is 4.85. The van der Waals surface area contributed by atoms with Gasteiger partial charge in [0.25, 0.3) is 0 Å². The van der Waals surface area contributed by atoms with Crippen LogP contribution >= 0.6 is 11.3 Å². The first-order valence-electron chi connectivity index (χ1n) is 9.25. The molecule has 5 nitrogen and oxygen atoms in total. The molecule has 0 spiro atoms. The van der Waals surface area contributed by atoms with Gasteiger partial charge in [-0.05, 0) is 18.6 Å². The lowest BCUT2D eigenvalue weighted by atomic mass is 10.1. The van der Waals surface area contributed by atoms with Crippen LogP contribution in [-0.4, -0.2) is 24.5 Å². The molecule has 0 aliphatic rings. The molecule has 1 aromatic carbocycles. The molecule has 0 aliphatic carbocycles. The van der Waals surface area contributed by atoms with Crippen molar-refractivity contribution in [2.24, 2.45) is 7.05 Å². The Bertz CT molecular complexity index is 1150. The van der Waals surface area contributed by atoms with Crippen LogP contribution in [0.4, 0.5) is 5.69 Å². The lowest BCUT2D eigenvalue weighted by molar-refractivity contribution is 0.681. The quantitative estimate of drug-likeness (QED) is 0.493. The first kappa shape index (κ1) is 18.8. The van der Waals surface area contributed by atoms with Crippen molar-refractivity contribution in [3.63, 3.8) is 0 Å². The maximum Gasteiger partial charge on any atom is 0.178 e. The van der Waals surface area contributed by atoms with Gasteiger partial charge in [-0.2, -0.15) is 0 Å². The second-order valence-electron chi connectivity index (χ2n) is 6.65. The monoisotopic (exact) mass is 410 g/mol. The van der Waals surface area contributed by atoms with Crippen molar-refractivity contribution < 1.29 is 4.21 Å². The van der Waals surface area contributed by atoms with E-state index >= 15 is 0 Å². The molecule has 1 atom stereocenters. The Hall–Kier alpha value is -2.51. The zero-order chi connectivity index (χ0) is 19.7. The summed E-state index contributed by atoms with van der Waals surface area (Å²) in [5.41, 5.74) is 9.72. The van der Waals surface area contributed by atoms with E-state index in [1.807, 2.05) is 60.3 Å². The Morgan fingerprint density at radius 3 is 2.61 bits per heavy atom. The number of rotatable bonds is 6. The molecule has 0 bridgehead atoms. The van der Waals surface area contributed by atoms with E-state index in [1.165, 1.54) is 11.3 Å². The minimum atomic E-state index is -1.12. The SMILES string of the molecule is CCCCS(=O)c1sc2nc(-c3cccn3C)nc(-c3ccccc3)c2c1N. The van der Waals surface area contributed by atoms with E-state index in [0.29, 0.717) is 21.5 Å². The molecule has 7 heteroatoms. The second kappa shape index (κ2) is 7.85. The number of aryl methyl sites for hydroxylation is 1. The molecule has 0 saturated carbocycles. The smallest absolute Gasteiger partial charge is 0.178 e. The molecule has 3 heterocycles. The number of nitrogen functional groups attached to an aromatic ring is 1. The molecule has 28 heavy (non-hydrogen) atoms. The standard InChI is InChI=1S/C21H22N4OS2/c1-3-4-13-28(26)21-17(22)16-18(14-9-6-5-7-10-14)23-19(24-20(16)27-21)15-11-8-12-25(15)2/h5-12H,3-4,13,22H2,1-2H3. The summed E-state index contributed by atoms with van der Waals surface area (Å²) in [5, 5.41) is 0.800. The van der Waals surface area contributed by atoms with Crippen molar-refractivity contribution >= 4 is 38.0 Å². The molecule has 0 amide bonds. The maximum atomic E-state index is 12.8. The van der Waals surface area contributed by atoms with E-state index in [4.69, 9.17) is 15.7 Å². The fraction of sp³-hybridized carbons (Fsp3) is 0.238. The lowest BCUT2D eigenvalue weighted by Gasteiger charge is -2.08. The highest BCUT2D eigenvalue weighted by Crippen LogP contribution is 2.41. The van der Waals surface area contributed by atoms with Gasteiger partial charge in [0, 0.05) is 24.6 Å². The zero-order valence-electron chi connectivity index (χ0n) is 15.9. The van der Waals surface area contributed by atoms with Crippen LogP contribution in [0.15, 0.2) is 52.9 Å². The average Bonchev–Trinajstić information content (AvgIpc) is 3.29. The van der Waals surface area contributed by atoms with E-state index in [2.05, 4.69) is 6.92 Å². The molecule has 0 saturated heterocycles. The van der Waals surface area contributed by atoms with Gasteiger partial charge >= 0.3 is 0 Å². The van der Waals surface area contributed by atoms with E-state index in [9.17, 15) is 4.21 Å². The first-order valence-corrected chi connectivity index (χ1v) is 11.4. The van der Waals surface area contributed by atoms with Crippen LogP contribution in [0.5, 0.6) is 0 Å². The van der Waals surface area contributed by atoms with E-state index in [0.717, 1.165) is 40.0 Å². The Morgan fingerprint density at radius 1 is 1.14 bits per heavy atom. The number of hydrogen-bond donors (Lipinski definition) is 1. The molecule has 0 radical (unpaired) electrons. The molecular weight excluding hydrogens is 388 g/mol. The summed E-state index contributed by atoms with van der Waals surface area (Å²) in [7, 11) is 0.852. The molecule has 2 N–H and O–H groups in total. The minimum absolute atomic E-state index is 0.548. The van der Waals surface area contributed by atoms with Crippen LogP contribution < -0.4 is 5.73 Å². The number of unbranched alkanes of at least 4 members (excludes halogenated alkanes) is 1. The summed E-state index contributed by atoms with van der Waals surface area (Å²) in [4.78, 5) is 10.4. The molecule has 1 unspecified atom stereocenters. The number of thiophene rings is 1. The summed E-state index contributed by atoms with van der Waals surface area (Å²) in [6, 6.07) is 13.9. The molecular formula is C21H22N4OS2. The summed E-state index contributed by atoms with van der Waals surface area (Å²) in [6.07, 6.45) is 3.88. The lowest BCUT2D eigenvalue weighted by Crippen LogP contribution is -2.00. The van der Waals surface area contributed by atoms with Gasteiger partial charge < -0.3 is 10.3 Å². The van der Waals surface area contributed by atoms with Crippen LogP contribution in [0, 0.1) is 0 Å². The predicted molar refractivity (Wildman–Crippen MR) is 118 cm³/mol. The van der Waals surface area contributed by atoms with Gasteiger partial charge in [-0.15, -0.1) is 11.3 Å². The van der Waals surface area contributed by atoms with E-state index in [-0.39, 0.29) is 0 Å². The van der Waals surface area contributed by atoms with Crippen molar-refractivity contribution in [1.82, 2.24) is 14.5 Å². The highest BCUT2D eigenvalue weighted by Gasteiger charge is 2.22. The van der Waals surface area contributed by atoms with E-state index < -0.39 is 10.8 Å². The van der Waals surface area contributed by atoms with Gasteiger partial charge in [-0.3, -0.25) is 4.21 Å². The van der Waals surface area contributed by atoms with Gasteiger partial charge in [-0.1, -0.05) is 43.7 Å². The van der Waals surface area contributed by atoms with Gasteiger partial charge in [-0.25, -0.2) is 9.97 Å². The fourth-order valence-corrected chi connectivity index (χ4v) is 5.92. The number of aromatic nitrogens is 3. The number of fused-ring (bicyclic) bond motifs is 1. The number of anilines is 1. The third-order valence-electron chi connectivity index (χ3n) is 4.66. The van der Waals surface area contributed by atoms with Gasteiger partial charge in [0.1, 0.15) is 9.04 Å². The van der Waals surface area contributed by atoms with Crippen molar-refractivity contribution in [2.75, 3.05) is 11.5 Å². The molecule has 0 fully saturated rings. The zero-order valence-corrected chi connectivity index (χ0v) is 17.5. The Morgan fingerprint density at radius 2 is 1.93 bits per heavy atom. The molecule has 4 aromatic rings. The number of hydrogen-bond acceptors (Lipinski definition) is 5. The topological polar surface area (TPSA) is 73.8 Å². The van der Waals surface area contributed by atoms with Crippen molar-refractivity contribution in [1.29, 1.82) is 0 Å². The minimum Gasteiger partial charge on any atom is -0.396 e. The highest BCUT2D eigenvalue weighted by atomic mass is 32.2. The summed E-state index contributed by atoms with van der Waals surface area (Å²) < 4.78 is 15.5. The summed E-state index contributed by atoms with van der Waals surface area (Å²) in [5.74, 6) is 1.26. The van der Waals surface area contributed by atoms with Crippen molar-refractivity contribution in [3.8, 4) is 22.8 Å². The Kier molecular flexibility index (Phi) is 5.28. The van der Waals surface area contributed by atoms with Crippen LogP contribution in [0.2, 0.25) is 0 Å². The molecule has 4 rings (SSSR count). The van der Waals surface area contributed by atoms with E-state index in [1.54, 1.807) is 0 Å². The number of nitrogens with two attached hydrogens (primary N) is 1. The van der Waals surface area contributed by atoms with Crippen molar-refractivity contribution in [2.45, 2.75) is 24.0 Å². The number of benzene rings is 1.